The molecule has 0 spiro atoms. The van der Waals surface area contributed by atoms with Crippen LogP contribution in [0.5, 0.6) is 11.5 Å². The number of nitrogens with zero attached hydrogens (tertiary/aromatic N) is 6. The number of fused-ring (bicyclic) bond motifs is 6. The Kier molecular flexibility index (Phi) is 16.6. The van der Waals surface area contributed by atoms with E-state index in [4.69, 9.17) is 28.8 Å². The van der Waals surface area contributed by atoms with Gasteiger partial charge in [0.25, 0.3) is 5.91 Å². The molecule has 5 aromatic carbocycles. The van der Waals surface area contributed by atoms with E-state index in [1.165, 1.54) is 27.8 Å². The van der Waals surface area contributed by atoms with Crippen molar-refractivity contribution >= 4 is 41.5 Å². The maximum Gasteiger partial charge on any atom is 0.410 e. The monoisotopic (exact) mass is 1160 g/mol. The Bertz CT molecular complexity index is 3650. The highest BCUT2D eigenvalue weighted by atomic mass is 19.1. The molecule has 1 atom stereocenters. The highest BCUT2D eigenvalue weighted by molar-refractivity contribution is 5.98. The van der Waals surface area contributed by atoms with E-state index in [0.717, 1.165) is 46.0 Å². The first-order valence-corrected chi connectivity index (χ1v) is 27.8. The molecule has 3 aliphatic heterocycles. The van der Waals surface area contributed by atoms with Crippen molar-refractivity contribution in [1.29, 1.82) is 0 Å². The van der Waals surface area contributed by atoms with Crippen molar-refractivity contribution in [3.05, 3.63) is 167 Å². The third-order valence-corrected chi connectivity index (χ3v) is 15.5. The van der Waals surface area contributed by atoms with Crippen LogP contribution in [0.15, 0.2) is 128 Å². The molecule has 6 amide bonds. The molecule has 0 unspecified atom stereocenters. The summed E-state index contributed by atoms with van der Waals surface area (Å²) >= 11 is 0. The third-order valence-electron chi connectivity index (χ3n) is 15.5. The number of nitrogens with one attached hydrogen (secondary N) is 3. The molecule has 0 bridgehead atoms. The van der Waals surface area contributed by atoms with Crippen LogP contribution in [0, 0.1) is 11.6 Å². The first-order valence-electron chi connectivity index (χ1n) is 27.8. The number of pyridine rings is 1. The van der Waals surface area contributed by atoms with Crippen LogP contribution in [0.4, 0.5) is 24.1 Å². The number of morpholine rings is 1. The summed E-state index contributed by atoms with van der Waals surface area (Å²) in [4.78, 5) is 91.3. The van der Waals surface area contributed by atoms with Crippen molar-refractivity contribution in [2.75, 3.05) is 71.5 Å². The molecule has 1 aliphatic carbocycles. The fourth-order valence-corrected chi connectivity index (χ4v) is 11.2. The number of piperazine rings is 1. The van der Waals surface area contributed by atoms with E-state index in [0.29, 0.717) is 59.2 Å². The summed E-state index contributed by atoms with van der Waals surface area (Å²) in [7, 11) is 1.47. The Morgan fingerprint density at radius 1 is 0.753 bits per heavy atom. The Hall–Kier alpha value is -9.70. The van der Waals surface area contributed by atoms with Crippen LogP contribution in [-0.4, -0.2) is 143 Å². The number of carbonyl (C=O) groups is 6. The Morgan fingerprint density at radius 3 is 2.14 bits per heavy atom. The fraction of sp³-hybridized carbons (Fsp3) is 0.302. The lowest BCUT2D eigenvalue weighted by Crippen LogP contribution is -2.58. The number of aromatic nitrogens is 3. The molecule has 7 aromatic rings. The summed E-state index contributed by atoms with van der Waals surface area (Å²) in [6.45, 7) is 4.87. The van der Waals surface area contributed by atoms with Crippen LogP contribution in [-0.2, 0) is 41.8 Å². The summed E-state index contributed by atoms with van der Waals surface area (Å²) in [5.41, 5.74) is 6.70. The fourth-order valence-electron chi connectivity index (χ4n) is 11.2. The molecule has 20 nitrogen and oxygen atoms in total. The van der Waals surface area contributed by atoms with Gasteiger partial charge in [0.2, 0.25) is 17.7 Å². The summed E-state index contributed by atoms with van der Waals surface area (Å²) in [5.74, 6) is -3.30. The molecule has 4 aliphatic rings. The summed E-state index contributed by atoms with van der Waals surface area (Å²) in [6.07, 6.45) is 0.979. The van der Waals surface area contributed by atoms with Gasteiger partial charge in [-0.1, -0.05) is 78.9 Å². The molecular weight excluding hydrogens is 1100 g/mol. The molecule has 22 heteroatoms. The topological polar surface area (TPSA) is 225 Å². The number of rotatable bonds is 16. The van der Waals surface area contributed by atoms with Gasteiger partial charge in [-0.15, -0.1) is 0 Å². The predicted molar refractivity (Wildman–Crippen MR) is 307 cm³/mol. The molecule has 0 saturated carbocycles. The van der Waals surface area contributed by atoms with E-state index in [1.807, 2.05) is 92.7 Å². The molecule has 438 valence electrons. The van der Waals surface area contributed by atoms with Crippen molar-refractivity contribution in [3.63, 3.8) is 0 Å². The van der Waals surface area contributed by atoms with E-state index in [2.05, 4.69) is 20.9 Å². The number of amides is 6. The van der Waals surface area contributed by atoms with Crippen molar-refractivity contribution < 1.29 is 61.2 Å². The average Bonchev–Trinajstić information content (AvgIpc) is 3.90. The van der Waals surface area contributed by atoms with Crippen LogP contribution in [0.25, 0.3) is 39.2 Å². The van der Waals surface area contributed by atoms with Gasteiger partial charge in [-0.3, -0.25) is 24.2 Å². The molecule has 0 radical (unpaired) electrons. The van der Waals surface area contributed by atoms with Gasteiger partial charge in [-0.05, 0) is 65.9 Å². The average molecular weight is 1160 g/mol. The predicted octanol–water partition coefficient (Wildman–Crippen LogP) is 8.25. The number of benzene rings is 5. The molecule has 85 heavy (non-hydrogen) atoms. The lowest BCUT2D eigenvalue weighted by Gasteiger charge is -2.41. The van der Waals surface area contributed by atoms with Crippen LogP contribution in [0.3, 0.4) is 0 Å². The minimum atomic E-state index is -1.28. The number of methoxy groups -OCH3 is 1. The first kappa shape index (κ1) is 57.1. The minimum Gasteiger partial charge on any atom is -0.496 e. The lowest BCUT2D eigenvalue weighted by atomic mass is 9.95. The summed E-state index contributed by atoms with van der Waals surface area (Å²) < 4.78 is 60.1. The number of ether oxygens (including phenoxy) is 5. The SMILES string of the molecule is COc1cc2c(cc1-c1cncc(NC(=O)CCC(=O)NC[C@H](NC(=O)OCC3c4ccccc4-c4ccccc43)C(=O)N3CCN(C(=O)OCc4ccccc4)CC3)c1)-c1c(c(C(=O)N3CCOCC3(C)C)nn1-c1cc(F)cc(F)c1)CO2. The number of alkyl carbamates (subject to hydrolysis) is 1. The zero-order valence-corrected chi connectivity index (χ0v) is 46.9. The first-order chi connectivity index (χ1) is 41.1. The largest absolute Gasteiger partial charge is 0.496 e. The van der Waals surface area contributed by atoms with Gasteiger partial charge in [-0.25, -0.2) is 23.1 Å². The Labute approximate surface area is 487 Å². The van der Waals surface area contributed by atoms with E-state index >= 15 is 0 Å². The van der Waals surface area contributed by atoms with E-state index < -0.39 is 59.0 Å². The Morgan fingerprint density at radius 2 is 1.44 bits per heavy atom. The highest BCUT2D eigenvalue weighted by Crippen LogP contribution is 2.47. The Balaban J connectivity index is 0.760. The van der Waals surface area contributed by atoms with Crippen LogP contribution < -0.4 is 25.4 Å². The molecule has 2 saturated heterocycles. The molecule has 3 N–H and O–H groups in total. The maximum atomic E-state index is 14.9. The van der Waals surface area contributed by atoms with Gasteiger partial charge in [0, 0.05) is 98.6 Å². The highest BCUT2D eigenvalue weighted by Gasteiger charge is 2.40. The summed E-state index contributed by atoms with van der Waals surface area (Å²) in [5, 5.41) is 12.9. The van der Waals surface area contributed by atoms with E-state index in [-0.39, 0.29) is 88.4 Å². The maximum absolute atomic E-state index is 14.9. The number of hydrogen-bond donors (Lipinski definition) is 3. The second-order valence-corrected chi connectivity index (χ2v) is 21.6. The normalized spacial score (nSPS) is 15.2. The van der Waals surface area contributed by atoms with Crippen molar-refractivity contribution in [1.82, 2.24) is 40.1 Å². The van der Waals surface area contributed by atoms with Gasteiger partial charge < -0.3 is 54.3 Å². The number of carbonyl (C=O) groups excluding carboxylic acids is 6. The van der Waals surface area contributed by atoms with Gasteiger partial charge in [0.1, 0.15) is 49.0 Å². The zero-order chi connectivity index (χ0) is 59.4. The van der Waals surface area contributed by atoms with Gasteiger partial charge >= 0.3 is 12.2 Å². The van der Waals surface area contributed by atoms with Gasteiger partial charge in [0.05, 0.1) is 49.1 Å². The number of halogens is 2. The van der Waals surface area contributed by atoms with Crippen molar-refractivity contribution in [3.8, 4) is 50.7 Å². The number of anilines is 1. The van der Waals surface area contributed by atoms with Crippen LogP contribution in [0.2, 0.25) is 0 Å². The smallest absolute Gasteiger partial charge is 0.410 e. The van der Waals surface area contributed by atoms with Crippen molar-refractivity contribution in [2.45, 2.75) is 57.4 Å². The lowest BCUT2D eigenvalue weighted by molar-refractivity contribution is -0.135. The number of hydrogen-bond acceptors (Lipinski definition) is 13. The minimum absolute atomic E-state index is 0.0202. The molecule has 11 rings (SSSR count). The second-order valence-electron chi connectivity index (χ2n) is 21.6. The van der Waals surface area contributed by atoms with E-state index in [1.54, 1.807) is 29.3 Å². The second kappa shape index (κ2) is 24.6. The third kappa shape index (κ3) is 12.4. The quantitative estimate of drug-likeness (QED) is 0.0830. The van der Waals surface area contributed by atoms with Gasteiger partial charge in [0.15, 0.2) is 5.69 Å². The zero-order valence-electron chi connectivity index (χ0n) is 46.9. The molecular formula is C63H61F2N9O11. The molecule has 2 aromatic heterocycles. The standard InChI is InChI=1S/C63H61F2N9O11/c1-63(2)37-82-24-23-73(63)60(78)57-51-36-83-54-30-53(81-3)48(29-49(54)58(51)74(70-57)43-27-40(64)26-41(65)28-43)39-25-42(32-66-31-39)68-56(76)18-17-55(75)67-33-52(59(77)71-19-21-72(22-20-71)62(80)85-34-38-11-5-4-6-12-38)69-61(79)84-35-50-46-15-9-7-13-44(46)45-14-8-10-16-47(45)50/h4-16,25-32,50,52H,17-24,33-37H2,1-3H3,(H,67,75)(H,68,76)(H,69,79)/t52-/m0/s1. The molecule has 5 heterocycles. The van der Waals surface area contributed by atoms with Crippen molar-refractivity contribution in [2.24, 2.45) is 0 Å². The van der Waals surface area contributed by atoms with Crippen LogP contribution >= 0.6 is 0 Å². The van der Waals surface area contributed by atoms with Gasteiger partial charge in [-0.2, -0.15) is 5.10 Å². The van der Waals surface area contributed by atoms with E-state index in [9.17, 15) is 37.5 Å². The molecule has 2 fully saturated rings. The summed E-state index contributed by atoms with van der Waals surface area (Å²) in [6, 6.07) is 31.7. The van der Waals surface area contributed by atoms with Crippen LogP contribution in [0.1, 0.15) is 65.3 Å².